The minimum atomic E-state index is -1.04. The van der Waals surface area contributed by atoms with E-state index in [1.54, 1.807) is 21.4 Å². The molecule has 0 N–H and O–H groups in total. The number of hydrogen-bond acceptors (Lipinski definition) is 2. The third-order valence-electron chi connectivity index (χ3n) is 5.63. The molecule has 2 heterocycles. The molecule has 3 fully saturated rings. The van der Waals surface area contributed by atoms with Crippen molar-refractivity contribution in [3.63, 3.8) is 0 Å². The van der Waals surface area contributed by atoms with Crippen molar-refractivity contribution in [1.82, 2.24) is 14.3 Å². The van der Waals surface area contributed by atoms with Crippen LogP contribution in [0.15, 0.2) is 29.1 Å². The summed E-state index contributed by atoms with van der Waals surface area (Å²) in [5.74, 6) is 0.798. The third-order valence-corrected chi connectivity index (χ3v) is 5.63. The molecule has 6 rings (SSSR count). The van der Waals surface area contributed by atoms with E-state index in [-0.39, 0.29) is 17.3 Å². The van der Waals surface area contributed by atoms with Gasteiger partial charge in [-0.1, -0.05) is 24.3 Å². The Labute approximate surface area is 132 Å². The molecule has 2 bridgehead atoms. The zero-order valence-electron chi connectivity index (χ0n) is 12.5. The SMILES string of the molecule is [C-]#[N+]c1ccc([C@@H]2CCc3nn(C45CC(F)(C4)C5)c(=O)n32)cc1. The molecule has 3 saturated carbocycles. The molecule has 0 saturated heterocycles. The van der Waals surface area contributed by atoms with Crippen molar-refractivity contribution >= 4 is 5.69 Å². The van der Waals surface area contributed by atoms with E-state index < -0.39 is 5.67 Å². The molecule has 1 atom stereocenters. The van der Waals surface area contributed by atoms with Gasteiger partial charge in [0.25, 0.3) is 0 Å². The van der Waals surface area contributed by atoms with Gasteiger partial charge in [-0.3, -0.25) is 4.57 Å². The molecule has 1 aliphatic heterocycles. The van der Waals surface area contributed by atoms with E-state index in [1.165, 1.54) is 0 Å². The van der Waals surface area contributed by atoms with Crippen LogP contribution in [-0.4, -0.2) is 20.0 Å². The highest BCUT2D eigenvalue weighted by Gasteiger charge is 2.71. The summed E-state index contributed by atoms with van der Waals surface area (Å²) >= 11 is 0. The number of nitrogens with zero attached hydrogens (tertiary/aromatic N) is 4. The van der Waals surface area contributed by atoms with Gasteiger partial charge < -0.3 is 0 Å². The van der Waals surface area contributed by atoms with Crippen molar-refractivity contribution in [2.24, 2.45) is 0 Å². The summed E-state index contributed by atoms with van der Waals surface area (Å²) in [5, 5.41) is 4.51. The van der Waals surface area contributed by atoms with Crippen molar-refractivity contribution in [1.29, 1.82) is 0 Å². The van der Waals surface area contributed by atoms with E-state index in [0.29, 0.717) is 24.9 Å². The lowest BCUT2D eigenvalue weighted by Crippen LogP contribution is -2.72. The second-order valence-electron chi connectivity index (χ2n) is 7.14. The highest BCUT2D eigenvalue weighted by Crippen LogP contribution is 2.66. The Morgan fingerprint density at radius 3 is 2.57 bits per heavy atom. The van der Waals surface area contributed by atoms with E-state index in [4.69, 9.17) is 6.57 Å². The van der Waals surface area contributed by atoms with Crippen LogP contribution in [0.5, 0.6) is 0 Å². The fourth-order valence-corrected chi connectivity index (χ4v) is 4.53. The smallest absolute Gasteiger partial charge is 0.271 e. The van der Waals surface area contributed by atoms with Gasteiger partial charge in [-0.25, -0.2) is 18.7 Å². The molecule has 1 aromatic carbocycles. The van der Waals surface area contributed by atoms with E-state index in [1.807, 2.05) is 12.1 Å². The number of aryl methyl sites for hydroxylation is 1. The van der Waals surface area contributed by atoms with Crippen LogP contribution in [0, 0.1) is 6.57 Å². The molecule has 116 valence electrons. The molecular weight excluding hydrogens is 295 g/mol. The molecule has 23 heavy (non-hydrogen) atoms. The maximum absolute atomic E-state index is 13.8. The molecule has 6 heteroatoms. The van der Waals surface area contributed by atoms with Gasteiger partial charge in [0.1, 0.15) is 11.5 Å². The number of hydrogen-bond donors (Lipinski definition) is 0. The predicted octanol–water partition coefficient (Wildman–Crippen LogP) is 2.73. The average Bonchev–Trinajstić information content (AvgIpc) is 3.04. The van der Waals surface area contributed by atoms with Crippen molar-refractivity contribution in [3.05, 3.63) is 57.6 Å². The zero-order valence-corrected chi connectivity index (χ0v) is 12.5. The van der Waals surface area contributed by atoms with Crippen LogP contribution in [0.1, 0.15) is 43.1 Å². The minimum Gasteiger partial charge on any atom is -0.271 e. The molecule has 0 radical (unpaired) electrons. The molecule has 0 unspecified atom stereocenters. The highest BCUT2D eigenvalue weighted by atomic mass is 19.1. The Balaban J connectivity index is 1.54. The van der Waals surface area contributed by atoms with Crippen molar-refractivity contribution in [2.75, 3.05) is 0 Å². The van der Waals surface area contributed by atoms with E-state index in [9.17, 15) is 9.18 Å². The maximum Gasteiger partial charge on any atom is 0.347 e. The summed E-state index contributed by atoms with van der Waals surface area (Å²) in [6, 6.07) is 7.36. The average molecular weight is 310 g/mol. The van der Waals surface area contributed by atoms with Gasteiger partial charge in [0.2, 0.25) is 0 Å². The van der Waals surface area contributed by atoms with Crippen molar-refractivity contribution < 1.29 is 4.39 Å². The van der Waals surface area contributed by atoms with Gasteiger partial charge in [-0.05, 0) is 12.0 Å². The molecular formula is C17H15FN4O. The van der Waals surface area contributed by atoms with Gasteiger partial charge in [-0.15, -0.1) is 0 Å². The van der Waals surface area contributed by atoms with Crippen LogP contribution in [0.3, 0.4) is 0 Å². The summed E-state index contributed by atoms with van der Waals surface area (Å²) in [6.07, 6.45) is 2.90. The van der Waals surface area contributed by atoms with Crippen LogP contribution in [-0.2, 0) is 12.0 Å². The Morgan fingerprint density at radius 2 is 1.96 bits per heavy atom. The summed E-state index contributed by atoms with van der Waals surface area (Å²) < 4.78 is 17.1. The molecule has 2 aromatic rings. The monoisotopic (exact) mass is 310 g/mol. The summed E-state index contributed by atoms with van der Waals surface area (Å²) in [4.78, 5) is 16.2. The van der Waals surface area contributed by atoms with Gasteiger partial charge in [0.15, 0.2) is 5.69 Å². The fraction of sp³-hybridized carbons (Fsp3) is 0.471. The molecule has 4 aliphatic rings. The lowest BCUT2D eigenvalue weighted by Gasteiger charge is -2.64. The first kappa shape index (κ1) is 13.1. The normalized spacial score (nSPS) is 33.5. The first-order valence-electron chi connectivity index (χ1n) is 7.91. The van der Waals surface area contributed by atoms with Crippen LogP contribution in [0.25, 0.3) is 4.85 Å². The number of rotatable bonds is 2. The fourth-order valence-electron chi connectivity index (χ4n) is 4.53. The Kier molecular flexibility index (Phi) is 2.22. The first-order valence-corrected chi connectivity index (χ1v) is 7.91. The Hall–Kier alpha value is -2.42. The predicted molar refractivity (Wildman–Crippen MR) is 81.3 cm³/mol. The highest BCUT2D eigenvalue weighted by molar-refractivity contribution is 5.46. The maximum atomic E-state index is 13.8. The van der Waals surface area contributed by atoms with Gasteiger partial charge in [-0.2, -0.15) is 5.10 Å². The number of alkyl halides is 1. The van der Waals surface area contributed by atoms with E-state index in [2.05, 4.69) is 9.94 Å². The van der Waals surface area contributed by atoms with Crippen molar-refractivity contribution in [3.8, 4) is 0 Å². The topological polar surface area (TPSA) is 44.2 Å². The van der Waals surface area contributed by atoms with Gasteiger partial charge in [0, 0.05) is 25.7 Å². The molecule has 0 amide bonds. The molecule has 1 aromatic heterocycles. The number of halogens is 1. The number of aromatic nitrogens is 3. The summed E-state index contributed by atoms with van der Waals surface area (Å²) in [5.41, 5.74) is 0.109. The van der Waals surface area contributed by atoms with Crippen LogP contribution < -0.4 is 5.69 Å². The first-order chi connectivity index (χ1) is 11.0. The third kappa shape index (κ3) is 1.55. The quantitative estimate of drug-likeness (QED) is 0.801. The summed E-state index contributed by atoms with van der Waals surface area (Å²) in [6.45, 7) is 7.02. The van der Waals surface area contributed by atoms with E-state index >= 15 is 0 Å². The zero-order chi connectivity index (χ0) is 15.8. The van der Waals surface area contributed by atoms with Gasteiger partial charge in [0.05, 0.1) is 18.2 Å². The Morgan fingerprint density at radius 1 is 1.26 bits per heavy atom. The lowest BCUT2D eigenvalue weighted by molar-refractivity contribution is -0.205. The number of benzene rings is 1. The molecule has 5 nitrogen and oxygen atoms in total. The second kappa shape index (κ2) is 3.91. The molecule has 3 aliphatic carbocycles. The molecule has 0 spiro atoms. The van der Waals surface area contributed by atoms with Crippen molar-refractivity contribution in [2.45, 2.75) is 49.4 Å². The number of fused-ring (bicyclic) bond motifs is 1. The largest absolute Gasteiger partial charge is 0.347 e. The standard InChI is InChI=1S/C17H15FN4O/c1-19-12-4-2-11(3-5-12)13-6-7-14-20-22(15(23)21(13)14)17-8-16(18,9-17)10-17/h2-5,13H,6-10H2/t13-,16?,17?/m0/s1. The lowest BCUT2D eigenvalue weighted by atomic mass is 9.47. The second-order valence-corrected chi connectivity index (χ2v) is 7.14. The van der Waals surface area contributed by atoms with Crippen LogP contribution in [0.4, 0.5) is 10.1 Å². The van der Waals surface area contributed by atoms with E-state index in [0.717, 1.165) is 24.2 Å². The van der Waals surface area contributed by atoms with Crippen LogP contribution in [0.2, 0.25) is 0 Å². The minimum absolute atomic E-state index is 0.0299. The van der Waals surface area contributed by atoms with Crippen LogP contribution >= 0.6 is 0 Å². The van der Waals surface area contributed by atoms with Gasteiger partial charge >= 0.3 is 5.69 Å². The summed E-state index contributed by atoms with van der Waals surface area (Å²) in [7, 11) is 0. The Bertz CT molecular complexity index is 898.